The summed E-state index contributed by atoms with van der Waals surface area (Å²) >= 11 is 0. The predicted molar refractivity (Wildman–Crippen MR) is 89.9 cm³/mol. The Balaban J connectivity index is 1.84. The molecule has 7 nitrogen and oxygen atoms in total. The van der Waals surface area contributed by atoms with E-state index in [4.69, 9.17) is 9.47 Å². The summed E-state index contributed by atoms with van der Waals surface area (Å²) in [6, 6.07) is 9.75. The average Bonchev–Trinajstić information content (AvgIpc) is 2.62. The lowest BCUT2D eigenvalue weighted by molar-refractivity contribution is -0.121. The number of halogens is 1. The molecule has 8 heteroatoms. The van der Waals surface area contributed by atoms with Gasteiger partial charge >= 0.3 is 6.03 Å². The number of hydrazine groups is 1. The van der Waals surface area contributed by atoms with Gasteiger partial charge in [0.05, 0.1) is 20.6 Å². The fraction of sp³-hybridized carbons (Fsp3) is 0.176. The van der Waals surface area contributed by atoms with Crippen LogP contribution in [0.4, 0.5) is 14.9 Å². The Kier molecular flexibility index (Phi) is 6.16. The Morgan fingerprint density at radius 3 is 2.28 bits per heavy atom. The van der Waals surface area contributed by atoms with Crippen LogP contribution in [0.2, 0.25) is 0 Å². The van der Waals surface area contributed by atoms with Crippen LogP contribution in [0.25, 0.3) is 0 Å². The molecule has 0 unspecified atom stereocenters. The van der Waals surface area contributed by atoms with Crippen LogP contribution in [0.3, 0.4) is 0 Å². The lowest BCUT2D eigenvalue weighted by atomic mass is 10.1. The SMILES string of the molecule is COc1ccc(NC(=O)NNC(=O)Cc2ccc(F)cc2)cc1OC. The van der Waals surface area contributed by atoms with Crippen molar-refractivity contribution >= 4 is 17.6 Å². The van der Waals surface area contributed by atoms with Gasteiger partial charge in [-0.05, 0) is 29.8 Å². The van der Waals surface area contributed by atoms with Gasteiger partial charge < -0.3 is 14.8 Å². The number of amides is 3. The van der Waals surface area contributed by atoms with E-state index < -0.39 is 11.9 Å². The third kappa shape index (κ3) is 5.38. The summed E-state index contributed by atoms with van der Waals surface area (Å²) in [5.41, 5.74) is 5.59. The molecule has 2 aromatic carbocycles. The van der Waals surface area contributed by atoms with Crippen LogP contribution in [0, 0.1) is 5.82 Å². The molecule has 2 aromatic rings. The van der Waals surface area contributed by atoms with Gasteiger partial charge in [0.25, 0.3) is 0 Å². The molecule has 0 saturated carbocycles. The van der Waals surface area contributed by atoms with Crippen LogP contribution in [0.5, 0.6) is 11.5 Å². The molecule has 0 aliphatic heterocycles. The van der Waals surface area contributed by atoms with E-state index in [-0.39, 0.29) is 12.2 Å². The Morgan fingerprint density at radius 2 is 1.64 bits per heavy atom. The first kappa shape index (κ1) is 18.1. The van der Waals surface area contributed by atoms with Crippen LogP contribution < -0.4 is 25.6 Å². The molecule has 0 radical (unpaired) electrons. The molecule has 0 heterocycles. The number of benzene rings is 2. The second-order valence-electron chi connectivity index (χ2n) is 5.00. The number of ether oxygens (including phenoxy) is 2. The molecule has 0 spiro atoms. The molecular formula is C17H18FN3O4. The van der Waals surface area contributed by atoms with Crippen molar-refractivity contribution in [2.24, 2.45) is 0 Å². The van der Waals surface area contributed by atoms with E-state index in [0.29, 0.717) is 22.7 Å². The van der Waals surface area contributed by atoms with Crippen LogP contribution in [0.15, 0.2) is 42.5 Å². The number of carbonyl (C=O) groups excluding carboxylic acids is 2. The maximum Gasteiger partial charge on any atom is 0.337 e. The summed E-state index contributed by atoms with van der Waals surface area (Å²) in [6.07, 6.45) is 0.0108. The predicted octanol–water partition coefficient (Wildman–Crippen LogP) is 2.24. The van der Waals surface area contributed by atoms with Gasteiger partial charge in [-0.1, -0.05) is 12.1 Å². The molecule has 3 N–H and O–H groups in total. The molecular weight excluding hydrogens is 329 g/mol. The first-order valence-corrected chi connectivity index (χ1v) is 7.34. The monoisotopic (exact) mass is 347 g/mol. The van der Waals surface area contributed by atoms with E-state index >= 15 is 0 Å². The summed E-state index contributed by atoms with van der Waals surface area (Å²) in [4.78, 5) is 23.6. The van der Waals surface area contributed by atoms with E-state index in [2.05, 4.69) is 16.2 Å². The van der Waals surface area contributed by atoms with Gasteiger partial charge in [0.2, 0.25) is 5.91 Å². The molecule has 2 rings (SSSR count). The van der Waals surface area contributed by atoms with Crippen molar-refractivity contribution in [1.29, 1.82) is 0 Å². The summed E-state index contributed by atoms with van der Waals surface area (Å²) in [5, 5.41) is 2.54. The Hall–Kier alpha value is -3.29. The van der Waals surface area contributed by atoms with Crippen molar-refractivity contribution in [3.05, 3.63) is 53.8 Å². The highest BCUT2D eigenvalue weighted by Gasteiger charge is 2.09. The van der Waals surface area contributed by atoms with E-state index in [1.54, 1.807) is 18.2 Å². The molecule has 0 fully saturated rings. The minimum absolute atomic E-state index is 0.0108. The normalized spacial score (nSPS) is 9.88. The first-order chi connectivity index (χ1) is 12.0. The summed E-state index contributed by atoms with van der Waals surface area (Å²) in [6.45, 7) is 0. The smallest absolute Gasteiger partial charge is 0.337 e. The van der Waals surface area contributed by atoms with Gasteiger partial charge in [0, 0.05) is 11.8 Å². The van der Waals surface area contributed by atoms with Crippen molar-refractivity contribution in [2.45, 2.75) is 6.42 Å². The highest BCUT2D eigenvalue weighted by molar-refractivity contribution is 5.91. The maximum absolute atomic E-state index is 12.8. The second kappa shape index (κ2) is 8.53. The van der Waals surface area contributed by atoms with Crippen LogP contribution in [-0.4, -0.2) is 26.2 Å². The van der Waals surface area contributed by atoms with Gasteiger partial charge in [0.15, 0.2) is 11.5 Å². The van der Waals surface area contributed by atoms with Crippen molar-refractivity contribution in [2.75, 3.05) is 19.5 Å². The van der Waals surface area contributed by atoms with Gasteiger partial charge in [0.1, 0.15) is 5.82 Å². The van der Waals surface area contributed by atoms with Crippen LogP contribution in [-0.2, 0) is 11.2 Å². The van der Waals surface area contributed by atoms with Crippen molar-refractivity contribution < 1.29 is 23.5 Å². The maximum atomic E-state index is 12.8. The zero-order valence-electron chi connectivity index (χ0n) is 13.8. The number of methoxy groups -OCH3 is 2. The lowest BCUT2D eigenvalue weighted by Crippen LogP contribution is -2.44. The summed E-state index contributed by atoms with van der Waals surface area (Å²) in [7, 11) is 2.99. The third-order valence-corrected chi connectivity index (χ3v) is 3.23. The zero-order chi connectivity index (χ0) is 18.2. The zero-order valence-corrected chi connectivity index (χ0v) is 13.8. The number of anilines is 1. The minimum Gasteiger partial charge on any atom is -0.493 e. The van der Waals surface area contributed by atoms with Crippen molar-refractivity contribution in [3.63, 3.8) is 0 Å². The molecule has 0 bridgehead atoms. The van der Waals surface area contributed by atoms with E-state index in [9.17, 15) is 14.0 Å². The molecule has 0 aliphatic rings. The first-order valence-electron chi connectivity index (χ1n) is 7.34. The van der Waals surface area contributed by atoms with E-state index in [1.165, 1.54) is 38.5 Å². The number of hydrogen-bond acceptors (Lipinski definition) is 4. The molecule has 3 amide bonds. The third-order valence-electron chi connectivity index (χ3n) is 3.23. The van der Waals surface area contributed by atoms with Crippen molar-refractivity contribution in [3.8, 4) is 11.5 Å². The number of urea groups is 1. The summed E-state index contributed by atoms with van der Waals surface area (Å²) < 4.78 is 23.0. The Labute approximate surface area is 144 Å². The fourth-order valence-corrected chi connectivity index (χ4v) is 2.03. The van der Waals surface area contributed by atoms with Crippen LogP contribution in [0.1, 0.15) is 5.56 Å². The molecule has 0 atom stereocenters. The van der Waals surface area contributed by atoms with Gasteiger partial charge in [-0.25, -0.2) is 14.6 Å². The Morgan fingerprint density at radius 1 is 0.960 bits per heavy atom. The topological polar surface area (TPSA) is 88.7 Å². The van der Waals surface area contributed by atoms with Crippen LogP contribution >= 0.6 is 0 Å². The fourth-order valence-electron chi connectivity index (χ4n) is 2.03. The van der Waals surface area contributed by atoms with Gasteiger partial charge in [-0.2, -0.15) is 0 Å². The van der Waals surface area contributed by atoms with Crippen molar-refractivity contribution in [1.82, 2.24) is 10.9 Å². The number of carbonyl (C=O) groups is 2. The minimum atomic E-state index is -0.625. The standard InChI is InChI=1S/C17H18FN3O4/c1-24-14-8-7-13(10-15(14)25-2)19-17(23)21-20-16(22)9-11-3-5-12(18)6-4-11/h3-8,10H,9H2,1-2H3,(H,20,22)(H2,19,21,23). The van der Waals surface area contributed by atoms with Gasteiger partial charge in [-0.3, -0.25) is 10.2 Å². The molecule has 0 aromatic heterocycles. The van der Waals surface area contributed by atoms with Gasteiger partial charge in [-0.15, -0.1) is 0 Å². The average molecular weight is 347 g/mol. The second-order valence-corrected chi connectivity index (χ2v) is 5.00. The molecule has 0 aliphatic carbocycles. The molecule has 0 saturated heterocycles. The lowest BCUT2D eigenvalue weighted by Gasteiger charge is -2.12. The van der Waals surface area contributed by atoms with E-state index in [0.717, 1.165) is 0 Å². The quantitative estimate of drug-likeness (QED) is 0.724. The Bertz CT molecular complexity index is 750. The number of nitrogens with one attached hydrogen (secondary N) is 3. The highest BCUT2D eigenvalue weighted by atomic mass is 19.1. The van der Waals surface area contributed by atoms with E-state index in [1.807, 2.05) is 0 Å². The molecule has 132 valence electrons. The molecule has 25 heavy (non-hydrogen) atoms. The highest BCUT2D eigenvalue weighted by Crippen LogP contribution is 2.29. The number of rotatable bonds is 5. The summed E-state index contributed by atoms with van der Waals surface area (Å²) in [5.74, 6) is 0.173. The number of hydrogen-bond donors (Lipinski definition) is 3. The largest absolute Gasteiger partial charge is 0.493 e.